The molecule has 1 unspecified atom stereocenters. The number of halogens is 2. The number of hydrogen-bond donors (Lipinski definition) is 2. The van der Waals surface area contributed by atoms with Crippen LogP contribution in [0.5, 0.6) is 0 Å². The van der Waals surface area contributed by atoms with Gasteiger partial charge in [0.15, 0.2) is 0 Å². The van der Waals surface area contributed by atoms with Crippen molar-refractivity contribution < 1.29 is 27.7 Å². The molecule has 2 atom stereocenters. The van der Waals surface area contributed by atoms with Crippen LogP contribution in [0.25, 0.3) is 11.3 Å². The van der Waals surface area contributed by atoms with Gasteiger partial charge in [0, 0.05) is 28.5 Å². The van der Waals surface area contributed by atoms with Crippen molar-refractivity contribution in [2.75, 3.05) is 0 Å². The molecule has 2 heterocycles. The normalized spacial score (nSPS) is 14.3. The second kappa shape index (κ2) is 9.73. The first-order valence-electron chi connectivity index (χ1n) is 10.1. The minimum atomic E-state index is -5.21. The van der Waals surface area contributed by atoms with Gasteiger partial charge in [-0.3, -0.25) is 4.52 Å². The molecule has 180 valence electrons. The second-order valence-electron chi connectivity index (χ2n) is 7.67. The van der Waals surface area contributed by atoms with Gasteiger partial charge in [-0.1, -0.05) is 25.1 Å². The molecule has 0 amide bonds. The Morgan fingerprint density at radius 2 is 2.00 bits per heavy atom. The van der Waals surface area contributed by atoms with E-state index in [1.54, 1.807) is 36.6 Å². The first-order valence-corrected chi connectivity index (χ1v) is 12.5. The van der Waals surface area contributed by atoms with Gasteiger partial charge in [0.25, 0.3) is 0 Å². The molecule has 0 spiro atoms. The topological polar surface area (TPSA) is 134 Å². The van der Waals surface area contributed by atoms with E-state index in [0.717, 1.165) is 12.1 Å². The molecular formula is C22H18F2N5O4PS. The summed E-state index contributed by atoms with van der Waals surface area (Å²) in [4.78, 5) is 28.1. The Hall–Kier alpha value is -3.33. The van der Waals surface area contributed by atoms with Crippen molar-refractivity contribution >= 4 is 19.2 Å². The van der Waals surface area contributed by atoms with Gasteiger partial charge in [-0.15, -0.1) is 11.3 Å². The van der Waals surface area contributed by atoms with Crippen LogP contribution in [0.15, 0.2) is 60.5 Å². The Kier molecular flexibility index (Phi) is 6.89. The number of benzene rings is 2. The number of thiazole rings is 1. The fraction of sp³-hybridized carbons (Fsp3) is 0.182. The molecule has 2 N–H and O–H groups in total. The molecule has 0 saturated heterocycles. The Balaban J connectivity index is 1.85. The van der Waals surface area contributed by atoms with Crippen molar-refractivity contribution in [3.63, 3.8) is 0 Å². The molecule has 0 saturated carbocycles. The van der Waals surface area contributed by atoms with Crippen molar-refractivity contribution in [3.8, 4) is 17.3 Å². The summed E-state index contributed by atoms with van der Waals surface area (Å²) in [7, 11) is -5.21. The molecule has 9 nitrogen and oxygen atoms in total. The number of nitrogens with zero attached hydrogens (tertiary/aromatic N) is 5. The fourth-order valence-electron chi connectivity index (χ4n) is 3.75. The monoisotopic (exact) mass is 517 g/mol. The second-order valence-corrected chi connectivity index (χ2v) is 9.72. The van der Waals surface area contributed by atoms with Gasteiger partial charge < -0.3 is 9.79 Å². The molecule has 0 aliphatic rings. The van der Waals surface area contributed by atoms with E-state index in [1.807, 2.05) is 6.07 Å². The third-order valence-electron chi connectivity index (χ3n) is 5.43. The number of hydrogen-bond acceptors (Lipinski definition) is 7. The minimum Gasteiger partial charge on any atom is -0.303 e. The SMILES string of the molecule is C[C@@H](c1nc(-c2ccc(C#N)cc2)cs1)C(Cn1cncn1)(OP(=O)(O)O)c1ccc(F)cc1F. The highest BCUT2D eigenvalue weighted by Crippen LogP contribution is 2.53. The molecule has 13 heteroatoms. The first-order chi connectivity index (χ1) is 16.6. The smallest absolute Gasteiger partial charge is 0.303 e. The molecule has 0 bridgehead atoms. The standard InChI is InChI=1S/C22H18F2N5O4PS/c1-14(21-28-20(10-35-21)16-4-2-15(9-25)3-5-16)22(33-34(30,31)32,11-29-13-26-12-27-29)18-7-6-17(23)8-19(18)24/h2-8,10,12-14H,11H2,1H3,(H2,30,31,32)/t14-,22?/m0/s1. The molecule has 35 heavy (non-hydrogen) atoms. The summed E-state index contributed by atoms with van der Waals surface area (Å²) in [6.45, 7) is 1.23. The van der Waals surface area contributed by atoms with Crippen molar-refractivity contribution in [1.82, 2.24) is 19.7 Å². The van der Waals surface area contributed by atoms with Crippen LogP contribution >= 0.6 is 19.2 Å². The average Bonchev–Trinajstić information content (AvgIpc) is 3.49. The lowest BCUT2D eigenvalue weighted by molar-refractivity contribution is -0.0106. The summed E-state index contributed by atoms with van der Waals surface area (Å²) in [5.74, 6) is -2.84. The van der Waals surface area contributed by atoms with Crippen LogP contribution in [0.3, 0.4) is 0 Å². The van der Waals surface area contributed by atoms with E-state index in [1.165, 1.54) is 28.7 Å². The van der Waals surface area contributed by atoms with Gasteiger partial charge >= 0.3 is 7.82 Å². The number of aromatic nitrogens is 4. The molecule has 0 aliphatic heterocycles. The van der Waals surface area contributed by atoms with E-state index in [9.17, 15) is 18.7 Å². The zero-order valence-electron chi connectivity index (χ0n) is 18.1. The maximum atomic E-state index is 15.1. The van der Waals surface area contributed by atoms with Crippen LogP contribution in [-0.2, 0) is 21.2 Å². The van der Waals surface area contributed by atoms with E-state index < -0.39 is 31.0 Å². The highest BCUT2D eigenvalue weighted by Gasteiger charge is 2.48. The summed E-state index contributed by atoms with van der Waals surface area (Å²) in [5, 5.41) is 15.1. The van der Waals surface area contributed by atoms with Crippen LogP contribution in [0.2, 0.25) is 0 Å². The average molecular weight is 517 g/mol. The molecule has 4 rings (SSSR count). The molecular weight excluding hydrogens is 499 g/mol. The van der Waals surface area contributed by atoms with Gasteiger partial charge in [0.2, 0.25) is 0 Å². The molecule has 2 aromatic carbocycles. The highest BCUT2D eigenvalue weighted by molar-refractivity contribution is 7.46. The Labute approximate surface area is 202 Å². The Bertz CT molecular complexity index is 1420. The lowest BCUT2D eigenvalue weighted by Crippen LogP contribution is -2.40. The fourth-order valence-corrected chi connectivity index (χ4v) is 5.45. The van der Waals surface area contributed by atoms with Crippen molar-refractivity contribution in [2.45, 2.75) is 25.0 Å². The number of rotatable bonds is 8. The van der Waals surface area contributed by atoms with Gasteiger partial charge in [-0.2, -0.15) is 10.4 Å². The van der Waals surface area contributed by atoms with Gasteiger partial charge in [-0.05, 0) is 18.2 Å². The summed E-state index contributed by atoms with van der Waals surface area (Å²) < 4.78 is 47.5. The molecule has 0 fully saturated rings. The predicted molar refractivity (Wildman–Crippen MR) is 122 cm³/mol. The van der Waals surface area contributed by atoms with Gasteiger partial charge in [0.1, 0.15) is 29.9 Å². The van der Waals surface area contributed by atoms with Gasteiger partial charge in [-0.25, -0.2) is 28.0 Å². The third-order valence-corrected chi connectivity index (χ3v) is 7.03. The van der Waals surface area contributed by atoms with Crippen molar-refractivity contribution in [1.29, 1.82) is 5.26 Å². The summed E-state index contributed by atoms with van der Waals surface area (Å²) >= 11 is 1.18. The lowest BCUT2D eigenvalue weighted by Gasteiger charge is -2.38. The van der Waals surface area contributed by atoms with E-state index >= 15 is 4.39 Å². The van der Waals surface area contributed by atoms with E-state index in [-0.39, 0.29) is 12.1 Å². The summed E-state index contributed by atoms with van der Waals surface area (Å²) in [5.41, 5.74) is -0.576. The number of phosphoric acid groups is 1. The molecule has 4 aromatic rings. The van der Waals surface area contributed by atoms with Crippen LogP contribution < -0.4 is 0 Å². The maximum absolute atomic E-state index is 15.1. The summed E-state index contributed by atoms with van der Waals surface area (Å²) in [6, 6.07) is 11.4. The Morgan fingerprint density at radius 1 is 1.26 bits per heavy atom. The van der Waals surface area contributed by atoms with Crippen LogP contribution in [0.1, 0.15) is 29.0 Å². The third kappa shape index (κ3) is 5.35. The van der Waals surface area contributed by atoms with E-state index in [2.05, 4.69) is 15.1 Å². The van der Waals surface area contributed by atoms with Crippen molar-refractivity contribution in [2.24, 2.45) is 0 Å². The quantitative estimate of drug-likeness (QED) is 0.329. The zero-order valence-corrected chi connectivity index (χ0v) is 19.8. The lowest BCUT2D eigenvalue weighted by atomic mass is 9.82. The first kappa shape index (κ1) is 24.8. The van der Waals surface area contributed by atoms with Crippen molar-refractivity contribution in [3.05, 3.63) is 88.3 Å². The molecule has 0 radical (unpaired) electrons. The summed E-state index contributed by atoms with van der Waals surface area (Å²) in [6.07, 6.45) is 2.50. The predicted octanol–water partition coefficient (Wildman–Crippen LogP) is 4.36. The van der Waals surface area contributed by atoms with E-state index in [0.29, 0.717) is 27.9 Å². The van der Waals surface area contributed by atoms with Crippen LogP contribution in [-0.4, -0.2) is 29.5 Å². The van der Waals surface area contributed by atoms with E-state index in [4.69, 9.17) is 9.79 Å². The number of phosphoric ester groups is 1. The van der Waals surface area contributed by atoms with Crippen LogP contribution in [0, 0.1) is 23.0 Å². The number of nitriles is 1. The van der Waals surface area contributed by atoms with Gasteiger partial charge in [0.05, 0.1) is 28.9 Å². The molecule has 0 aliphatic carbocycles. The molecule has 2 aromatic heterocycles. The zero-order chi connectivity index (χ0) is 25.2. The largest absolute Gasteiger partial charge is 0.470 e. The highest BCUT2D eigenvalue weighted by atomic mass is 32.1. The Morgan fingerprint density at radius 3 is 2.60 bits per heavy atom. The van der Waals surface area contributed by atoms with Crippen LogP contribution in [0.4, 0.5) is 8.78 Å². The maximum Gasteiger partial charge on any atom is 0.470 e. The minimum absolute atomic E-state index is 0.277.